The second-order valence-corrected chi connectivity index (χ2v) is 3.83. The van der Waals surface area contributed by atoms with E-state index in [2.05, 4.69) is 16.3 Å². The molecule has 0 heterocycles. The fourth-order valence-corrected chi connectivity index (χ4v) is 2.02. The first-order valence-corrected chi connectivity index (χ1v) is 5.47. The number of aromatic carboxylic acids is 1. The molecule has 0 aliphatic heterocycles. The molecule has 0 amide bonds. The van der Waals surface area contributed by atoms with Crippen molar-refractivity contribution in [3.8, 4) is 5.75 Å². The summed E-state index contributed by atoms with van der Waals surface area (Å²) < 4.78 is 5.52. The van der Waals surface area contributed by atoms with Crippen molar-refractivity contribution in [2.24, 2.45) is 0 Å². The van der Waals surface area contributed by atoms with Crippen molar-refractivity contribution in [3.63, 3.8) is 0 Å². The molecule has 0 saturated carbocycles. The second kappa shape index (κ2) is 10.2. The zero-order chi connectivity index (χ0) is 12.7. The maximum absolute atomic E-state index is 10.6. The Kier molecular flexibility index (Phi) is 11.7. The van der Waals surface area contributed by atoms with E-state index in [9.17, 15) is 4.79 Å². The molecule has 0 aliphatic carbocycles. The molecule has 0 fully saturated rings. The zero-order valence-corrected chi connectivity index (χ0v) is 11.4. The third-order valence-electron chi connectivity index (χ3n) is 1.27. The molecule has 1 aromatic carbocycles. The maximum atomic E-state index is 10.6. The Bertz CT molecular complexity index is 363. The molecule has 0 radical (unpaired) electrons. The van der Waals surface area contributed by atoms with Crippen molar-refractivity contribution in [2.45, 2.75) is 0 Å². The molecule has 0 unspecified atom stereocenters. The molecule has 10 heteroatoms. The van der Waals surface area contributed by atoms with Gasteiger partial charge in [-0.15, -0.1) is 0 Å². The van der Waals surface area contributed by atoms with E-state index >= 15 is 0 Å². The molecule has 0 spiro atoms. The van der Waals surface area contributed by atoms with Gasteiger partial charge in [-0.2, -0.15) is 0 Å². The summed E-state index contributed by atoms with van der Waals surface area (Å²) in [5.41, 5.74) is 0.152. The Morgan fingerprint density at radius 3 is 2.12 bits per heavy atom. The van der Waals surface area contributed by atoms with Crippen molar-refractivity contribution in [2.75, 3.05) is 0 Å². The third-order valence-corrected chi connectivity index (χ3v) is 2.45. The van der Waals surface area contributed by atoms with Gasteiger partial charge in [0.05, 0.1) is 3.57 Å². The molecule has 1 aromatic rings. The number of carboxylic acid groups (broad SMARTS) is 1. The van der Waals surface area contributed by atoms with Crippen LogP contribution < -0.4 is 3.83 Å². The van der Waals surface area contributed by atoms with E-state index in [4.69, 9.17) is 24.0 Å². The SMILES string of the molecule is O=C(O)c1cccc(I)c1OBr.OB(O)O.[LiH]. The van der Waals surface area contributed by atoms with Crippen molar-refractivity contribution >= 4 is 71.0 Å². The normalized spacial score (nSPS) is 8.29. The first kappa shape index (κ1) is 19.6. The summed E-state index contributed by atoms with van der Waals surface area (Å²) in [5, 5.41) is 30.2. The van der Waals surface area contributed by atoms with Crippen LogP contribution in [0.5, 0.6) is 5.75 Å². The van der Waals surface area contributed by atoms with Crippen LogP contribution in [-0.4, -0.2) is 52.3 Å². The molecule has 4 N–H and O–H groups in total. The average Bonchev–Trinajstić information content (AvgIpc) is 2.16. The van der Waals surface area contributed by atoms with E-state index < -0.39 is 13.3 Å². The summed E-state index contributed by atoms with van der Waals surface area (Å²) in [6.07, 6.45) is 0. The van der Waals surface area contributed by atoms with Gasteiger partial charge in [-0.1, -0.05) is 6.07 Å². The standard InChI is InChI=1S/C7H4BrIO3.BH3O3.Li.H/c8-12-6-4(7(10)11)2-1-3-5(6)9;2-1(3)4;;/h1-3H,(H,10,11);2-4H;;. The van der Waals surface area contributed by atoms with E-state index in [0.29, 0.717) is 5.75 Å². The van der Waals surface area contributed by atoms with Gasteiger partial charge < -0.3 is 24.0 Å². The topological polar surface area (TPSA) is 107 Å². The monoisotopic (exact) mass is 412 g/mol. The van der Waals surface area contributed by atoms with Crippen LogP contribution in [0.2, 0.25) is 0 Å². The fourth-order valence-electron chi connectivity index (χ4n) is 0.756. The Morgan fingerprint density at radius 1 is 1.35 bits per heavy atom. The number of rotatable bonds is 2. The Balaban J connectivity index is 0. The van der Waals surface area contributed by atoms with Gasteiger partial charge in [0.2, 0.25) is 0 Å². The Morgan fingerprint density at radius 2 is 1.82 bits per heavy atom. The molecule has 6 nitrogen and oxygen atoms in total. The number of hydrogen-bond donors (Lipinski definition) is 4. The van der Waals surface area contributed by atoms with Gasteiger partial charge in [-0.05, 0) is 34.7 Å². The van der Waals surface area contributed by atoms with E-state index in [1.54, 1.807) is 12.1 Å². The van der Waals surface area contributed by atoms with Crippen LogP contribution >= 0.6 is 38.8 Å². The summed E-state index contributed by atoms with van der Waals surface area (Å²) in [6, 6.07) is 4.92. The Hall–Kier alpha value is 0.242. The molecule has 0 atom stereocenters. The van der Waals surface area contributed by atoms with Gasteiger partial charge in [0.1, 0.15) is 5.56 Å². The first-order chi connectivity index (χ1) is 7.40. The van der Waals surface area contributed by atoms with E-state index in [-0.39, 0.29) is 24.4 Å². The summed E-state index contributed by atoms with van der Waals surface area (Å²) in [4.78, 5) is 10.6. The van der Waals surface area contributed by atoms with Gasteiger partial charge in [0.25, 0.3) is 0 Å². The number of benzene rings is 1. The van der Waals surface area contributed by atoms with Crippen molar-refractivity contribution in [3.05, 3.63) is 27.3 Å². The predicted octanol–water partition coefficient (Wildman–Crippen LogP) is -0.0222. The first-order valence-electron chi connectivity index (χ1n) is 3.74. The third kappa shape index (κ3) is 8.04. The van der Waals surface area contributed by atoms with Gasteiger partial charge >= 0.3 is 32.2 Å². The van der Waals surface area contributed by atoms with E-state index in [1.165, 1.54) is 6.07 Å². The average molecular weight is 413 g/mol. The van der Waals surface area contributed by atoms with E-state index in [1.807, 2.05) is 22.6 Å². The second-order valence-electron chi connectivity index (χ2n) is 2.35. The molecule has 1 rings (SSSR count). The van der Waals surface area contributed by atoms with E-state index in [0.717, 1.165) is 3.57 Å². The van der Waals surface area contributed by atoms with Crippen molar-refractivity contribution in [1.82, 2.24) is 0 Å². The molecule has 17 heavy (non-hydrogen) atoms. The number of para-hydroxylation sites is 1. The van der Waals surface area contributed by atoms with Gasteiger partial charge in [0, 0.05) is 0 Å². The van der Waals surface area contributed by atoms with Crippen molar-refractivity contribution < 1.29 is 28.8 Å². The minimum absolute atomic E-state index is 0. The molecule has 0 aromatic heterocycles. The molecule has 0 bridgehead atoms. The minimum atomic E-state index is -2.17. The summed E-state index contributed by atoms with van der Waals surface area (Å²) in [5.74, 6) is -0.659. The molecule has 0 aliphatic rings. The number of carboxylic acids is 1. The van der Waals surface area contributed by atoms with Gasteiger partial charge in [0.15, 0.2) is 22.0 Å². The quantitative estimate of drug-likeness (QED) is 0.402. The van der Waals surface area contributed by atoms with Crippen LogP contribution in [0.4, 0.5) is 0 Å². The van der Waals surface area contributed by atoms with Gasteiger partial charge in [-0.3, -0.25) is 0 Å². The summed E-state index contributed by atoms with van der Waals surface area (Å²) >= 11 is 4.76. The molecular formula is C7H8BBrILiO6. The predicted molar refractivity (Wildman–Crippen MR) is 75.2 cm³/mol. The zero-order valence-electron chi connectivity index (χ0n) is 7.67. The molecular weight excluding hydrogens is 405 g/mol. The van der Waals surface area contributed by atoms with Crippen LogP contribution in [0, 0.1) is 3.57 Å². The number of hydrogen-bond acceptors (Lipinski definition) is 5. The van der Waals surface area contributed by atoms with Crippen LogP contribution in [0.1, 0.15) is 10.4 Å². The number of carbonyl (C=O) groups is 1. The van der Waals surface area contributed by atoms with Gasteiger partial charge in [-0.25, -0.2) is 4.79 Å². The molecule has 90 valence electrons. The summed E-state index contributed by atoms with van der Waals surface area (Å²) in [6.45, 7) is 0. The summed E-state index contributed by atoms with van der Waals surface area (Å²) in [7, 11) is -2.17. The van der Waals surface area contributed by atoms with Crippen LogP contribution in [0.3, 0.4) is 0 Å². The van der Waals surface area contributed by atoms with Crippen LogP contribution in [0.25, 0.3) is 0 Å². The number of halogens is 2. The van der Waals surface area contributed by atoms with Crippen LogP contribution in [0.15, 0.2) is 18.2 Å². The van der Waals surface area contributed by atoms with Crippen molar-refractivity contribution in [1.29, 1.82) is 0 Å². The van der Waals surface area contributed by atoms with Crippen LogP contribution in [-0.2, 0) is 0 Å². The molecule has 0 saturated heterocycles. The fraction of sp³-hybridized carbons (Fsp3) is 0. The Labute approximate surface area is 132 Å².